The van der Waals surface area contributed by atoms with Crippen molar-refractivity contribution in [1.82, 2.24) is 10.3 Å². The molecular weight excluding hydrogens is 390 g/mol. The van der Waals surface area contributed by atoms with Crippen LogP contribution in [0.1, 0.15) is 10.4 Å². The van der Waals surface area contributed by atoms with Crippen molar-refractivity contribution in [2.24, 2.45) is 0 Å². The quantitative estimate of drug-likeness (QED) is 0.554. The summed E-state index contributed by atoms with van der Waals surface area (Å²) in [6, 6.07) is 17.6. The van der Waals surface area contributed by atoms with Gasteiger partial charge in [-0.05, 0) is 36.4 Å². The first-order valence-electron chi connectivity index (χ1n) is 8.69. The Labute approximate surface area is 169 Å². The predicted molar refractivity (Wildman–Crippen MR) is 111 cm³/mol. The molecular formula is C21H19N3O4S. The van der Waals surface area contributed by atoms with E-state index in [-0.39, 0.29) is 22.2 Å². The van der Waals surface area contributed by atoms with E-state index in [0.29, 0.717) is 18.0 Å². The van der Waals surface area contributed by atoms with Gasteiger partial charge in [-0.25, -0.2) is 13.4 Å². The van der Waals surface area contributed by atoms with E-state index in [0.717, 1.165) is 0 Å². The number of rotatable bonds is 8. The maximum absolute atomic E-state index is 12.5. The Bertz CT molecular complexity index is 1120. The molecule has 0 saturated carbocycles. The number of sulfonamides is 1. The molecule has 8 heteroatoms. The van der Waals surface area contributed by atoms with E-state index in [1.807, 2.05) is 0 Å². The van der Waals surface area contributed by atoms with Crippen LogP contribution in [0.5, 0.6) is 11.6 Å². The van der Waals surface area contributed by atoms with Crippen molar-refractivity contribution in [1.29, 1.82) is 0 Å². The summed E-state index contributed by atoms with van der Waals surface area (Å²) in [6.07, 6.45) is 3.07. The number of carbonyl (C=O) groups is 1. The number of benzene rings is 2. The second-order valence-corrected chi connectivity index (χ2v) is 7.59. The Kier molecular flexibility index (Phi) is 6.25. The van der Waals surface area contributed by atoms with E-state index in [2.05, 4.69) is 21.6 Å². The number of anilines is 1. The standard InChI is InChI=1S/C21H19N3O4S/c1-2-13-22-20(25)19-12-7-14-23-21(19)28-17-9-6-8-16(15-17)24-29(26,27)18-10-4-3-5-11-18/h2-12,14-15,24H,1,13H2,(H,22,25). The molecule has 0 aliphatic carbocycles. The molecule has 2 aromatic carbocycles. The minimum atomic E-state index is -3.73. The van der Waals surface area contributed by atoms with Crippen molar-refractivity contribution in [2.45, 2.75) is 4.90 Å². The lowest BCUT2D eigenvalue weighted by Gasteiger charge is -2.12. The van der Waals surface area contributed by atoms with E-state index < -0.39 is 10.0 Å². The monoisotopic (exact) mass is 409 g/mol. The van der Waals surface area contributed by atoms with E-state index >= 15 is 0 Å². The number of nitrogens with zero attached hydrogens (tertiary/aromatic N) is 1. The minimum Gasteiger partial charge on any atom is -0.438 e. The van der Waals surface area contributed by atoms with Crippen LogP contribution in [0, 0.1) is 0 Å². The molecule has 0 unspecified atom stereocenters. The second-order valence-electron chi connectivity index (χ2n) is 5.90. The minimum absolute atomic E-state index is 0.108. The first-order chi connectivity index (χ1) is 14.0. The number of ether oxygens (including phenoxy) is 1. The van der Waals surface area contributed by atoms with Gasteiger partial charge in [-0.1, -0.05) is 30.3 Å². The van der Waals surface area contributed by atoms with Crippen molar-refractivity contribution >= 4 is 21.6 Å². The summed E-state index contributed by atoms with van der Waals surface area (Å²) < 4.78 is 33.2. The van der Waals surface area contributed by atoms with Crippen LogP contribution in [-0.4, -0.2) is 25.9 Å². The normalized spacial score (nSPS) is 10.8. The van der Waals surface area contributed by atoms with Gasteiger partial charge in [-0.3, -0.25) is 9.52 Å². The summed E-state index contributed by atoms with van der Waals surface area (Å²) in [5.74, 6) is 0.0841. The number of hydrogen-bond donors (Lipinski definition) is 2. The molecule has 7 nitrogen and oxygen atoms in total. The van der Waals surface area contributed by atoms with E-state index in [1.165, 1.54) is 24.4 Å². The maximum Gasteiger partial charge on any atom is 0.261 e. The molecule has 3 aromatic rings. The van der Waals surface area contributed by atoms with E-state index in [9.17, 15) is 13.2 Å². The van der Waals surface area contributed by atoms with Gasteiger partial charge < -0.3 is 10.1 Å². The lowest BCUT2D eigenvalue weighted by molar-refractivity contribution is 0.0955. The molecule has 148 valence electrons. The third kappa shape index (κ3) is 5.20. The first kappa shape index (κ1) is 20.1. The zero-order valence-corrected chi connectivity index (χ0v) is 16.2. The van der Waals surface area contributed by atoms with Gasteiger partial charge in [0, 0.05) is 18.8 Å². The Morgan fingerprint density at radius 1 is 1.07 bits per heavy atom. The van der Waals surface area contributed by atoms with Crippen LogP contribution in [-0.2, 0) is 10.0 Å². The smallest absolute Gasteiger partial charge is 0.261 e. The highest BCUT2D eigenvalue weighted by atomic mass is 32.2. The largest absolute Gasteiger partial charge is 0.438 e. The van der Waals surface area contributed by atoms with Crippen LogP contribution >= 0.6 is 0 Å². The van der Waals surface area contributed by atoms with Gasteiger partial charge in [0.1, 0.15) is 11.3 Å². The zero-order valence-electron chi connectivity index (χ0n) is 15.4. The third-order valence-corrected chi connectivity index (χ3v) is 5.17. The van der Waals surface area contributed by atoms with Gasteiger partial charge in [0.15, 0.2) is 0 Å². The molecule has 0 radical (unpaired) electrons. The van der Waals surface area contributed by atoms with E-state index in [4.69, 9.17) is 4.74 Å². The summed E-state index contributed by atoms with van der Waals surface area (Å²) in [7, 11) is -3.73. The van der Waals surface area contributed by atoms with Crippen molar-refractivity contribution in [3.63, 3.8) is 0 Å². The molecule has 0 spiro atoms. The number of nitrogens with one attached hydrogen (secondary N) is 2. The topological polar surface area (TPSA) is 97.4 Å². The lowest BCUT2D eigenvalue weighted by atomic mass is 10.2. The van der Waals surface area contributed by atoms with Crippen molar-refractivity contribution in [3.05, 3.63) is 91.1 Å². The molecule has 3 rings (SSSR count). The number of aromatic nitrogens is 1. The Morgan fingerprint density at radius 3 is 2.62 bits per heavy atom. The number of pyridine rings is 1. The maximum atomic E-state index is 12.5. The van der Waals surface area contributed by atoms with Crippen molar-refractivity contribution in [3.8, 4) is 11.6 Å². The average molecular weight is 409 g/mol. The van der Waals surface area contributed by atoms with Crippen LogP contribution in [0.3, 0.4) is 0 Å². The molecule has 0 bridgehead atoms. The lowest BCUT2D eigenvalue weighted by Crippen LogP contribution is -2.23. The molecule has 1 aromatic heterocycles. The van der Waals surface area contributed by atoms with Crippen LogP contribution in [0.4, 0.5) is 5.69 Å². The van der Waals surface area contributed by atoms with Gasteiger partial charge >= 0.3 is 0 Å². The van der Waals surface area contributed by atoms with Gasteiger partial charge in [0.2, 0.25) is 5.88 Å². The summed E-state index contributed by atoms with van der Waals surface area (Å²) >= 11 is 0. The molecule has 0 fully saturated rings. The molecule has 1 amide bonds. The SMILES string of the molecule is C=CCNC(=O)c1cccnc1Oc1cccc(NS(=O)(=O)c2ccccc2)c1. The third-order valence-electron chi connectivity index (χ3n) is 3.78. The van der Waals surface area contributed by atoms with Gasteiger partial charge in [-0.2, -0.15) is 0 Å². The summed E-state index contributed by atoms with van der Waals surface area (Å²) in [5.41, 5.74) is 0.574. The zero-order chi connectivity index (χ0) is 20.7. The number of carbonyl (C=O) groups excluding carboxylic acids is 1. The van der Waals surface area contributed by atoms with E-state index in [1.54, 1.807) is 54.6 Å². The highest BCUT2D eigenvalue weighted by Gasteiger charge is 2.16. The molecule has 0 aliphatic rings. The van der Waals surface area contributed by atoms with Crippen LogP contribution < -0.4 is 14.8 Å². The fourth-order valence-corrected chi connectivity index (χ4v) is 3.52. The van der Waals surface area contributed by atoms with Crippen LogP contribution in [0.15, 0.2) is 90.5 Å². The van der Waals surface area contributed by atoms with Gasteiger partial charge in [0.25, 0.3) is 15.9 Å². The van der Waals surface area contributed by atoms with Crippen molar-refractivity contribution in [2.75, 3.05) is 11.3 Å². The molecule has 0 atom stereocenters. The number of amides is 1. The fourth-order valence-electron chi connectivity index (χ4n) is 2.45. The molecule has 2 N–H and O–H groups in total. The molecule has 0 saturated heterocycles. The molecule has 29 heavy (non-hydrogen) atoms. The highest BCUT2D eigenvalue weighted by Crippen LogP contribution is 2.26. The second kappa shape index (κ2) is 9.03. The Balaban J connectivity index is 1.81. The van der Waals surface area contributed by atoms with Crippen LogP contribution in [0.2, 0.25) is 0 Å². The molecule has 1 heterocycles. The first-order valence-corrected chi connectivity index (χ1v) is 10.2. The Hall–Kier alpha value is -3.65. The highest BCUT2D eigenvalue weighted by molar-refractivity contribution is 7.92. The number of hydrogen-bond acceptors (Lipinski definition) is 5. The van der Waals surface area contributed by atoms with Gasteiger partial charge in [0.05, 0.1) is 10.6 Å². The summed E-state index contributed by atoms with van der Waals surface area (Å²) in [6.45, 7) is 3.87. The summed E-state index contributed by atoms with van der Waals surface area (Å²) in [5, 5.41) is 2.67. The fraction of sp³-hybridized carbons (Fsp3) is 0.0476. The Morgan fingerprint density at radius 2 is 1.86 bits per heavy atom. The van der Waals surface area contributed by atoms with Gasteiger partial charge in [-0.15, -0.1) is 6.58 Å². The van der Waals surface area contributed by atoms with Crippen molar-refractivity contribution < 1.29 is 17.9 Å². The predicted octanol–water partition coefficient (Wildman–Crippen LogP) is 3.59. The summed E-state index contributed by atoms with van der Waals surface area (Å²) in [4.78, 5) is 16.5. The molecule has 0 aliphatic heterocycles. The van der Waals surface area contributed by atoms with Crippen LogP contribution in [0.25, 0.3) is 0 Å². The average Bonchev–Trinajstić information content (AvgIpc) is 2.73.